The predicted octanol–water partition coefficient (Wildman–Crippen LogP) is 1.95. The monoisotopic (exact) mass is 224 g/mol. The molecule has 2 rings (SSSR count). The summed E-state index contributed by atoms with van der Waals surface area (Å²) >= 11 is 0. The number of nitrogens with one attached hydrogen (secondary N) is 1. The third-order valence-electron chi connectivity index (χ3n) is 4.38. The van der Waals surface area contributed by atoms with Crippen molar-refractivity contribution >= 4 is 5.91 Å². The van der Waals surface area contributed by atoms with Crippen LogP contribution in [-0.2, 0) is 4.79 Å². The first-order chi connectivity index (χ1) is 7.52. The third kappa shape index (κ3) is 2.76. The lowest BCUT2D eigenvalue weighted by Crippen LogP contribution is -2.45. The molecule has 0 atom stereocenters. The van der Waals surface area contributed by atoms with E-state index < -0.39 is 0 Å². The Morgan fingerprint density at radius 3 is 2.31 bits per heavy atom. The average Bonchev–Trinajstić information content (AvgIpc) is 2.59. The van der Waals surface area contributed by atoms with E-state index in [0.717, 1.165) is 19.4 Å². The van der Waals surface area contributed by atoms with Crippen LogP contribution in [0.3, 0.4) is 0 Å². The summed E-state index contributed by atoms with van der Waals surface area (Å²) in [6.07, 6.45) is 8.72. The van der Waals surface area contributed by atoms with Crippen molar-refractivity contribution in [2.45, 2.75) is 63.8 Å². The fraction of sp³-hybridized carbons (Fsp3) is 0.923. The number of carbonyl (C=O) groups excluding carboxylic acids is 1. The highest BCUT2D eigenvalue weighted by atomic mass is 16.1. The van der Waals surface area contributed by atoms with Gasteiger partial charge in [0, 0.05) is 18.5 Å². The van der Waals surface area contributed by atoms with Crippen molar-refractivity contribution in [3.8, 4) is 0 Å². The second kappa shape index (κ2) is 4.36. The van der Waals surface area contributed by atoms with Gasteiger partial charge in [0.15, 0.2) is 0 Å². The van der Waals surface area contributed by atoms with Gasteiger partial charge in [0.1, 0.15) is 0 Å². The molecular formula is C13H24N2O. The molecule has 0 saturated heterocycles. The zero-order valence-electron chi connectivity index (χ0n) is 10.3. The van der Waals surface area contributed by atoms with Gasteiger partial charge in [0.25, 0.3) is 0 Å². The number of hydrogen-bond donors (Lipinski definition) is 2. The van der Waals surface area contributed by atoms with Crippen LogP contribution in [-0.4, -0.2) is 18.0 Å². The average molecular weight is 224 g/mol. The van der Waals surface area contributed by atoms with Crippen LogP contribution in [0, 0.1) is 5.41 Å². The number of rotatable bonds is 4. The van der Waals surface area contributed by atoms with Crippen molar-refractivity contribution in [2.24, 2.45) is 11.1 Å². The van der Waals surface area contributed by atoms with Crippen molar-refractivity contribution in [2.75, 3.05) is 6.54 Å². The molecule has 0 unspecified atom stereocenters. The highest BCUT2D eigenvalue weighted by Gasteiger charge is 2.34. The SMILES string of the molecule is CC1(CNC(=O)CC2(N)CCCC2)CCC1. The first-order valence-electron chi connectivity index (χ1n) is 6.57. The van der Waals surface area contributed by atoms with E-state index in [0.29, 0.717) is 11.8 Å². The topological polar surface area (TPSA) is 55.1 Å². The predicted molar refractivity (Wildman–Crippen MR) is 65.0 cm³/mol. The molecule has 0 aliphatic heterocycles. The maximum Gasteiger partial charge on any atom is 0.221 e. The molecule has 2 saturated carbocycles. The van der Waals surface area contributed by atoms with Crippen LogP contribution in [0.25, 0.3) is 0 Å². The van der Waals surface area contributed by atoms with E-state index in [9.17, 15) is 4.79 Å². The van der Waals surface area contributed by atoms with Gasteiger partial charge in [0.2, 0.25) is 5.91 Å². The summed E-state index contributed by atoms with van der Waals surface area (Å²) in [7, 11) is 0. The van der Waals surface area contributed by atoms with E-state index in [1.165, 1.54) is 32.1 Å². The summed E-state index contributed by atoms with van der Waals surface area (Å²) in [6.45, 7) is 3.09. The molecule has 0 radical (unpaired) electrons. The zero-order valence-corrected chi connectivity index (χ0v) is 10.3. The zero-order chi connectivity index (χ0) is 11.6. The minimum Gasteiger partial charge on any atom is -0.355 e. The van der Waals surface area contributed by atoms with Gasteiger partial charge >= 0.3 is 0 Å². The quantitative estimate of drug-likeness (QED) is 0.767. The van der Waals surface area contributed by atoms with Crippen molar-refractivity contribution in [1.29, 1.82) is 0 Å². The molecule has 0 bridgehead atoms. The Bertz CT molecular complexity index is 265. The van der Waals surface area contributed by atoms with Crippen molar-refractivity contribution < 1.29 is 4.79 Å². The maximum atomic E-state index is 11.8. The Kier molecular flexibility index (Phi) is 3.24. The van der Waals surface area contributed by atoms with Gasteiger partial charge in [-0.15, -0.1) is 0 Å². The summed E-state index contributed by atoms with van der Waals surface area (Å²) in [5, 5.41) is 3.06. The summed E-state index contributed by atoms with van der Waals surface area (Å²) in [5.41, 5.74) is 6.35. The number of nitrogens with two attached hydrogens (primary N) is 1. The Hall–Kier alpha value is -0.570. The van der Waals surface area contributed by atoms with E-state index in [1.54, 1.807) is 0 Å². The molecule has 0 spiro atoms. The van der Waals surface area contributed by atoms with Crippen LogP contribution in [0.1, 0.15) is 58.3 Å². The largest absolute Gasteiger partial charge is 0.355 e. The number of hydrogen-bond acceptors (Lipinski definition) is 2. The molecule has 0 aromatic heterocycles. The minimum atomic E-state index is -0.204. The first kappa shape index (κ1) is 11.9. The van der Waals surface area contributed by atoms with Gasteiger partial charge in [0.05, 0.1) is 0 Å². The summed E-state index contributed by atoms with van der Waals surface area (Å²) in [5.74, 6) is 0.150. The molecule has 92 valence electrons. The smallest absolute Gasteiger partial charge is 0.221 e. The fourth-order valence-corrected chi connectivity index (χ4v) is 2.91. The molecule has 2 fully saturated rings. The molecule has 2 aliphatic carbocycles. The molecule has 0 aromatic rings. The highest BCUT2D eigenvalue weighted by molar-refractivity contribution is 5.77. The van der Waals surface area contributed by atoms with E-state index in [1.807, 2.05) is 0 Å². The van der Waals surface area contributed by atoms with Crippen LogP contribution in [0.15, 0.2) is 0 Å². The maximum absolute atomic E-state index is 11.8. The van der Waals surface area contributed by atoms with Gasteiger partial charge in [-0.1, -0.05) is 26.2 Å². The lowest BCUT2D eigenvalue weighted by Gasteiger charge is -2.38. The van der Waals surface area contributed by atoms with Crippen LogP contribution in [0.2, 0.25) is 0 Å². The third-order valence-corrected chi connectivity index (χ3v) is 4.38. The van der Waals surface area contributed by atoms with Gasteiger partial charge in [-0.3, -0.25) is 4.79 Å². The fourth-order valence-electron chi connectivity index (χ4n) is 2.91. The standard InChI is InChI=1S/C13H24N2O/c1-12(5-4-6-12)10-15-11(16)9-13(14)7-2-3-8-13/h2-10,14H2,1H3,(H,15,16). The molecular weight excluding hydrogens is 200 g/mol. The molecule has 0 heterocycles. The molecule has 16 heavy (non-hydrogen) atoms. The van der Waals surface area contributed by atoms with E-state index in [2.05, 4.69) is 12.2 Å². The van der Waals surface area contributed by atoms with Gasteiger partial charge in [-0.25, -0.2) is 0 Å². The summed E-state index contributed by atoms with van der Waals surface area (Å²) in [4.78, 5) is 11.8. The van der Waals surface area contributed by atoms with Crippen LogP contribution >= 0.6 is 0 Å². The van der Waals surface area contributed by atoms with Crippen molar-refractivity contribution in [3.05, 3.63) is 0 Å². The first-order valence-corrected chi connectivity index (χ1v) is 6.57. The molecule has 0 aromatic carbocycles. The van der Waals surface area contributed by atoms with E-state index in [-0.39, 0.29) is 11.4 Å². The van der Waals surface area contributed by atoms with Crippen LogP contribution < -0.4 is 11.1 Å². The number of carbonyl (C=O) groups is 1. The number of amides is 1. The Balaban J connectivity index is 1.71. The Morgan fingerprint density at radius 2 is 1.81 bits per heavy atom. The van der Waals surface area contributed by atoms with Crippen LogP contribution in [0.4, 0.5) is 0 Å². The molecule has 3 N–H and O–H groups in total. The summed E-state index contributed by atoms with van der Waals surface area (Å²) < 4.78 is 0. The lowest BCUT2D eigenvalue weighted by molar-refractivity contribution is -0.123. The second-order valence-corrected chi connectivity index (χ2v) is 6.19. The van der Waals surface area contributed by atoms with Crippen LogP contribution in [0.5, 0.6) is 0 Å². The summed E-state index contributed by atoms with van der Waals surface area (Å²) in [6, 6.07) is 0. The van der Waals surface area contributed by atoms with Gasteiger partial charge < -0.3 is 11.1 Å². The lowest BCUT2D eigenvalue weighted by atomic mass is 9.70. The van der Waals surface area contributed by atoms with Gasteiger partial charge in [-0.05, 0) is 31.1 Å². The highest BCUT2D eigenvalue weighted by Crippen LogP contribution is 2.39. The van der Waals surface area contributed by atoms with E-state index >= 15 is 0 Å². The Morgan fingerprint density at radius 1 is 1.19 bits per heavy atom. The normalized spacial score (nSPS) is 26.1. The van der Waals surface area contributed by atoms with Gasteiger partial charge in [-0.2, -0.15) is 0 Å². The molecule has 3 heteroatoms. The Labute approximate surface area is 98.2 Å². The minimum absolute atomic E-state index is 0.150. The van der Waals surface area contributed by atoms with Crippen molar-refractivity contribution in [1.82, 2.24) is 5.32 Å². The molecule has 2 aliphatic rings. The molecule has 1 amide bonds. The second-order valence-electron chi connectivity index (χ2n) is 6.19. The van der Waals surface area contributed by atoms with Crippen molar-refractivity contribution in [3.63, 3.8) is 0 Å². The van der Waals surface area contributed by atoms with E-state index in [4.69, 9.17) is 5.73 Å². The molecule has 3 nitrogen and oxygen atoms in total.